The van der Waals surface area contributed by atoms with Gasteiger partial charge >= 0.3 is 0 Å². The first-order valence-electron chi connectivity index (χ1n) is 6.44. The molecule has 1 aliphatic rings. The molecule has 2 aromatic carbocycles. The van der Waals surface area contributed by atoms with Crippen molar-refractivity contribution in [3.63, 3.8) is 0 Å². The molecule has 0 aromatic heterocycles. The van der Waals surface area contributed by atoms with Crippen LogP contribution in [-0.2, 0) is 0 Å². The fourth-order valence-corrected chi connectivity index (χ4v) is 2.66. The highest BCUT2D eigenvalue weighted by Crippen LogP contribution is 2.35. The quantitative estimate of drug-likeness (QED) is 0.602. The van der Waals surface area contributed by atoms with Crippen molar-refractivity contribution >= 4 is 29.3 Å². The van der Waals surface area contributed by atoms with Crippen LogP contribution in [0.15, 0.2) is 48.5 Å². The van der Waals surface area contributed by atoms with Crippen molar-refractivity contribution in [3.8, 4) is 6.07 Å². The molecule has 0 fully saturated rings. The first-order chi connectivity index (χ1) is 9.79. The molecule has 2 heteroatoms. The van der Waals surface area contributed by atoms with Crippen LogP contribution in [0.2, 0.25) is 5.02 Å². The smallest absolute Gasteiger partial charge is 0.0663 e. The van der Waals surface area contributed by atoms with Gasteiger partial charge in [0.15, 0.2) is 0 Å². The molecule has 2 aromatic rings. The van der Waals surface area contributed by atoms with Crippen LogP contribution in [0.1, 0.15) is 28.7 Å². The van der Waals surface area contributed by atoms with Gasteiger partial charge in [-0.1, -0.05) is 60.2 Å². The maximum Gasteiger partial charge on any atom is 0.0663 e. The van der Waals surface area contributed by atoms with Crippen LogP contribution in [0, 0.1) is 11.3 Å². The fourth-order valence-electron chi connectivity index (χ4n) is 2.49. The molecule has 0 unspecified atom stereocenters. The summed E-state index contributed by atoms with van der Waals surface area (Å²) in [6.07, 6.45) is 6.56. The fraction of sp³-hybridized carbons (Fsp3) is 0.0556. The summed E-state index contributed by atoms with van der Waals surface area (Å²) in [7, 11) is 0. The Morgan fingerprint density at radius 2 is 1.75 bits per heavy atom. The van der Waals surface area contributed by atoms with Crippen molar-refractivity contribution in [2.75, 3.05) is 0 Å². The summed E-state index contributed by atoms with van der Waals surface area (Å²) in [5.41, 5.74) is 5.57. The lowest BCUT2D eigenvalue weighted by atomic mass is 9.93. The van der Waals surface area contributed by atoms with Crippen LogP contribution in [0.4, 0.5) is 0 Å². The Morgan fingerprint density at radius 3 is 2.55 bits per heavy atom. The van der Waals surface area contributed by atoms with Crippen molar-refractivity contribution in [1.29, 1.82) is 5.26 Å². The second kappa shape index (κ2) is 5.36. The van der Waals surface area contributed by atoms with Gasteiger partial charge in [0.1, 0.15) is 0 Å². The lowest BCUT2D eigenvalue weighted by molar-refractivity contribution is 1.35. The van der Waals surface area contributed by atoms with Crippen molar-refractivity contribution < 1.29 is 0 Å². The van der Waals surface area contributed by atoms with Crippen molar-refractivity contribution in [2.45, 2.75) is 6.42 Å². The van der Waals surface area contributed by atoms with Gasteiger partial charge in [0, 0.05) is 5.02 Å². The molecule has 20 heavy (non-hydrogen) atoms. The second-order valence-electron chi connectivity index (χ2n) is 4.63. The molecular weight excluding hydrogens is 266 g/mol. The molecule has 0 saturated heterocycles. The zero-order valence-electron chi connectivity index (χ0n) is 10.8. The molecule has 0 atom stereocenters. The first kappa shape index (κ1) is 12.7. The average Bonchev–Trinajstić information content (AvgIpc) is 2.62. The molecule has 0 N–H and O–H groups in total. The standard InChI is InChI=1S/C18H12ClN/c19-15-10-9-14-8-7-13-4-1-2-5-16(13)17(6-3-11-20)18(14)12-15/h1-2,4-10,12H,3H2. The third-order valence-corrected chi connectivity index (χ3v) is 3.63. The maximum atomic E-state index is 8.88. The minimum absolute atomic E-state index is 0.385. The van der Waals surface area contributed by atoms with E-state index in [1.54, 1.807) is 0 Å². The highest BCUT2D eigenvalue weighted by atomic mass is 35.5. The second-order valence-corrected chi connectivity index (χ2v) is 5.07. The van der Waals surface area contributed by atoms with E-state index in [1.165, 1.54) is 0 Å². The topological polar surface area (TPSA) is 23.8 Å². The molecule has 0 aliphatic heterocycles. The highest BCUT2D eigenvalue weighted by molar-refractivity contribution is 6.30. The van der Waals surface area contributed by atoms with E-state index in [1.807, 2.05) is 36.4 Å². The van der Waals surface area contributed by atoms with Gasteiger partial charge in [-0.2, -0.15) is 5.26 Å². The number of nitrogens with zero attached hydrogens (tertiary/aromatic N) is 1. The molecule has 0 heterocycles. The molecule has 0 amide bonds. The third-order valence-electron chi connectivity index (χ3n) is 3.40. The molecule has 96 valence electrons. The number of halogens is 1. The van der Waals surface area contributed by atoms with Gasteiger partial charge < -0.3 is 0 Å². The number of hydrogen-bond acceptors (Lipinski definition) is 1. The normalized spacial score (nSPS) is 14.3. The Kier molecular flexibility index (Phi) is 3.41. The van der Waals surface area contributed by atoms with E-state index in [0.717, 1.165) is 27.8 Å². The monoisotopic (exact) mass is 277 g/mol. The van der Waals surface area contributed by atoms with Crippen molar-refractivity contribution in [1.82, 2.24) is 0 Å². The maximum absolute atomic E-state index is 8.88. The Balaban J connectivity index is 2.29. The number of fused-ring (bicyclic) bond motifs is 2. The lowest BCUT2D eigenvalue weighted by Gasteiger charge is -2.11. The van der Waals surface area contributed by atoms with Crippen LogP contribution in [0.25, 0.3) is 17.7 Å². The Hall–Kier alpha value is -2.30. The van der Waals surface area contributed by atoms with Gasteiger partial charge in [-0.15, -0.1) is 0 Å². The summed E-state index contributed by atoms with van der Waals surface area (Å²) in [5, 5.41) is 9.59. The number of nitriles is 1. The summed E-state index contributed by atoms with van der Waals surface area (Å²) >= 11 is 6.14. The largest absolute Gasteiger partial charge is 0.198 e. The zero-order chi connectivity index (χ0) is 13.9. The molecule has 1 nitrogen and oxygen atoms in total. The van der Waals surface area contributed by atoms with Crippen molar-refractivity contribution in [2.24, 2.45) is 0 Å². The Bertz CT molecular complexity index is 763. The Labute approximate surface area is 123 Å². The Morgan fingerprint density at radius 1 is 1.00 bits per heavy atom. The van der Waals surface area contributed by atoms with Crippen molar-refractivity contribution in [3.05, 3.63) is 75.8 Å². The van der Waals surface area contributed by atoms with E-state index in [4.69, 9.17) is 16.9 Å². The number of benzene rings is 2. The van der Waals surface area contributed by atoms with Gasteiger partial charge in [-0.25, -0.2) is 0 Å². The SMILES string of the molecule is N#CCC=C1c2ccccc2C=Cc2ccc(Cl)cc21. The lowest BCUT2D eigenvalue weighted by Crippen LogP contribution is -1.92. The van der Waals surface area contributed by atoms with Gasteiger partial charge in [0.05, 0.1) is 12.5 Å². The first-order valence-corrected chi connectivity index (χ1v) is 6.82. The van der Waals surface area contributed by atoms with Crippen LogP contribution < -0.4 is 0 Å². The number of hydrogen-bond donors (Lipinski definition) is 0. The zero-order valence-corrected chi connectivity index (χ0v) is 11.6. The van der Waals surface area contributed by atoms with Crippen LogP contribution >= 0.6 is 11.6 Å². The van der Waals surface area contributed by atoms with Crippen LogP contribution in [0.5, 0.6) is 0 Å². The average molecular weight is 278 g/mol. The molecule has 0 radical (unpaired) electrons. The minimum atomic E-state index is 0.385. The summed E-state index contributed by atoms with van der Waals surface area (Å²) in [4.78, 5) is 0. The molecule has 0 bridgehead atoms. The van der Waals surface area contributed by atoms with E-state index in [2.05, 4.69) is 30.4 Å². The molecule has 0 spiro atoms. The van der Waals surface area contributed by atoms with Gasteiger partial charge in [-0.05, 0) is 40.0 Å². The van der Waals surface area contributed by atoms with E-state index >= 15 is 0 Å². The predicted molar refractivity (Wildman–Crippen MR) is 84.1 cm³/mol. The number of allylic oxidation sites excluding steroid dienone is 1. The van der Waals surface area contributed by atoms with Crippen LogP contribution in [0.3, 0.4) is 0 Å². The third kappa shape index (κ3) is 2.27. The summed E-state index contributed by atoms with van der Waals surface area (Å²) in [6.45, 7) is 0. The predicted octanol–water partition coefficient (Wildman–Crippen LogP) is 5.17. The van der Waals surface area contributed by atoms with E-state index in [-0.39, 0.29) is 0 Å². The van der Waals surface area contributed by atoms with E-state index < -0.39 is 0 Å². The van der Waals surface area contributed by atoms with Gasteiger partial charge in [-0.3, -0.25) is 0 Å². The summed E-state index contributed by atoms with van der Waals surface area (Å²) in [5.74, 6) is 0. The van der Waals surface area contributed by atoms with E-state index in [0.29, 0.717) is 11.4 Å². The molecule has 3 rings (SSSR count). The van der Waals surface area contributed by atoms with E-state index in [9.17, 15) is 0 Å². The summed E-state index contributed by atoms with van der Waals surface area (Å²) in [6, 6.07) is 16.3. The van der Waals surface area contributed by atoms with Gasteiger partial charge in [0.2, 0.25) is 0 Å². The summed E-state index contributed by atoms with van der Waals surface area (Å²) < 4.78 is 0. The highest BCUT2D eigenvalue weighted by Gasteiger charge is 2.14. The number of rotatable bonds is 1. The molecular formula is C18H12ClN. The minimum Gasteiger partial charge on any atom is -0.198 e. The van der Waals surface area contributed by atoms with Gasteiger partial charge in [0.25, 0.3) is 0 Å². The van der Waals surface area contributed by atoms with Crippen LogP contribution in [-0.4, -0.2) is 0 Å². The molecule has 1 aliphatic carbocycles. The molecule has 0 saturated carbocycles.